The van der Waals surface area contributed by atoms with E-state index in [0.29, 0.717) is 22.5 Å². The van der Waals surface area contributed by atoms with Gasteiger partial charge in [-0.2, -0.15) is 5.10 Å². The van der Waals surface area contributed by atoms with Gasteiger partial charge in [0, 0.05) is 55.2 Å². The first-order valence-corrected chi connectivity index (χ1v) is 13.0. The minimum absolute atomic E-state index is 0.232. The molecule has 1 spiro atoms. The molecule has 5 heterocycles. The Bertz CT molecular complexity index is 1440. The summed E-state index contributed by atoms with van der Waals surface area (Å²) in [5.74, 6) is 0.787. The van der Waals surface area contributed by atoms with Gasteiger partial charge in [0.15, 0.2) is 0 Å². The monoisotopic (exact) mass is 533 g/mol. The number of anilines is 1. The number of aryl methyl sites for hydroxylation is 1. The molecule has 2 fully saturated rings. The lowest BCUT2D eigenvalue weighted by atomic mass is 9.73. The number of ether oxygens (including phenoxy) is 1. The molecule has 0 atom stereocenters. The summed E-state index contributed by atoms with van der Waals surface area (Å²) in [6.45, 7) is 6.64. The van der Waals surface area contributed by atoms with Gasteiger partial charge in [-0.15, -0.1) is 5.10 Å². The number of nitrogens with one attached hydrogen (secondary N) is 1. The highest BCUT2D eigenvalue weighted by Gasteiger charge is 2.44. The minimum Gasteiger partial charge on any atom is -0.381 e. The van der Waals surface area contributed by atoms with E-state index < -0.39 is 0 Å². The molecule has 2 aliphatic heterocycles. The van der Waals surface area contributed by atoms with E-state index in [-0.39, 0.29) is 12.5 Å². The smallest absolute Gasteiger partial charge is 0.254 e. The molecule has 2 saturated heterocycles. The Morgan fingerprint density at radius 2 is 2.00 bits per heavy atom. The topological polar surface area (TPSA) is 116 Å². The zero-order valence-corrected chi connectivity index (χ0v) is 21.8. The van der Waals surface area contributed by atoms with E-state index >= 15 is 0 Å². The molecule has 1 aromatic carbocycles. The number of hydrogen-bond acceptors (Lipinski definition) is 8. The number of carbonyl (C=O) groups is 1. The molecule has 1 amide bonds. The minimum atomic E-state index is -0.232. The maximum absolute atomic E-state index is 12.9. The second-order valence-electron chi connectivity index (χ2n) is 10.0. The number of rotatable bonds is 7. The van der Waals surface area contributed by atoms with Gasteiger partial charge in [0.2, 0.25) is 0 Å². The van der Waals surface area contributed by atoms with E-state index in [0.717, 1.165) is 67.5 Å². The Morgan fingerprint density at radius 1 is 1.16 bits per heavy atom. The average Bonchev–Trinajstić information content (AvgIpc) is 3.60. The van der Waals surface area contributed by atoms with Crippen LogP contribution in [-0.2, 0) is 17.8 Å². The maximum atomic E-state index is 12.9. The van der Waals surface area contributed by atoms with Gasteiger partial charge < -0.3 is 15.0 Å². The van der Waals surface area contributed by atoms with Crippen molar-refractivity contribution >= 4 is 23.3 Å². The number of nitrogens with zero attached hydrogens (tertiary/aromatic N) is 8. The van der Waals surface area contributed by atoms with Crippen LogP contribution in [0.4, 0.5) is 5.82 Å². The second kappa shape index (κ2) is 10.1. The summed E-state index contributed by atoms with van der Waals surface area (Å²) in [5, 5.41) is 19.2. The van der Waals surface area contributed by atoms with Gasteiger partial charge in [-0.05, 0) is 65.6 Å². The number of hydrogen-bond donors (Lipinski definition) is 1. The van der Waals surface area contributed by atoms with Gasteiger partial charge in [0.25, 0.3) is 5.91 Å². The van der Waals surface area contributed by atoms with Crippen molar-refractivity contribution in [1.82, 2.24) is 40.3 Å². The molecule has 0 saturated carbocycles. The molecular weight excluding hydrogens is 506 g/mol. The van der Waals surface area contributed by atoms with Crippen LogP contribution in [0, 0.1) is 12.3 Å². The fraction of sp³-hybridized carbons (Fsp3) is 0.385. The van der Waals surface area contributed by atoms with Crippen molar-refractivity contribution in [3.05, 3.63) is 76.5 Å². The van der Waals surface area contributed by atoms with E-state index in [9.17, 15) is 4.79 Å². The quantitative estimate of drug-likeness (QED) is 0.385. The lowest BCUT2D eigenvalue weighted by Gasteiger charge is -2.52. The van der Waals surface area contributed by atoms with Crippen molar-refractivity contribution in [3.63, 3.8) is 0 Å². The van der Waals surface area contributed by atoms with Crippen molar-refractivity contribution in [2.24, 2.45) is 5.41 Å². The zero-order valence-electron chi connectivity index (χ0n) is 21.0. The van der Waals surface area contributed by atoms with Gasteiger partial charge in [-0.1, -0.05) is 17.7 Å². The maximum Gasteiger partial charge on any atom is 0.254 e. The van der Waals surface area contributed by atoms with Gasteiger partial charge in [-0.25, -0.2) is 9.67 Å². The first kappa shape index (κ1) is 24.5. The molecule has 38 heavy (non-hydrogen) atoms. The van der Waals surface area contributed by atoms with Gasteiger partial charge >= 0.3 is 0 Å². The summed E-state index contributed by atoms with van der Waals surface area (Å²) in [6.07, 6.45) is 7.08. The molecular formula is C26H28ClN9O2. The van der Waals surface area contributed by atoms with Crippen LogP contribution in [0.15, 0.2) is 49.1 Å². The molecule has 0 aliphatic carbocycles. The predicted octanol–water partition coefficient (Wildman–Crippen LogP) is 2.81. The third kappa shape index (κ3) is 4.99. The highest BCUT2D eigenvalue weighted by Crippen LogP contribution is 2.41. The summed E-state index contributed by atoms with van der Waals surface area (Å²) in [6, 6.07) is 9.53. The molecule has 6 rings (SSSR count). The number of aromatic nitrogens is 7. The summed E-state index contributed by atoms with van der Waals surface area (Å²) in [7, 11) is 0. The fourth-order valence-corrected chi connectivity index (χ4v) is 5.37. The summed E-state index contributed by atoms with van der Waals surface area (Å²) in [4.78, 5) is 20.1. The summed E-state index contributed by atoms with van der Waals surface area (Å²) >= 11 is 6.18. The summed E-state index contributed by atoms with van der Waals surface area (Å²) in [5.41, 5.74) is 4.43. The Morgan fingerprint density at radius 3 is 2.76 bits per heavy atom. The highest BCUT2D eigenvalue weighted by molar-refractivity contribution is 6.30. The van der Waals surface area contributed by atoms with Crippen LogP contribution >= 0.6 is 11.6 Å². The van der Waals surface area contributed by atoms with Crippen LogP contribution in [-0.4, -0.2) is 67.2 Å². The van der Waals surface area contributed by atoms with Crippen molar-refractivity contribution in [1.29, 1.82) is 0 Å². The van der Waals surface area contributed by atoms with Gasteiger partial charge in [-0.3, -0.25) is 9.48 Å². The lowest BCUT2D eigenvalue weighted by molar-refractivity contribution is -0.000464. The molecule has 2 aliphatic rings. The van der Waals surface area contributed by atoms with Crippen LogP contribution < -0.4 is 10.2 Å². The Kier molecular flexibility index (Phi) is 6.54. The molecule has 11 nitrogen and oxygen atoms in total. The molecule has 0 radical (unpaired) electrons. The van der Waals surface area contributed by atoms with Crippen LogP contribution in [0.1, 0.15) is 40.0 Å². The molecule has 12 heteroatoms. The van der Waals surface area contributed by atoms with Crippen LogP contribution in [0.5, 0.6) is 0 Å². The highest BCUT2D eigenvalue weighted by atomic mass is 35.5. The average molecular weight is 534 g/mol. The van der Waals surface area contributed by atoms with Crippen molar-refractivity contribution < 1.29 is 9.53 Å². The van der Waals surface area contributed by atoms with Crippen molar-refractivity contribution in [2.75, 3.05) is 31.2 Å². The molecule has 4 aromatic rings. The van der Waals surface area contributed by atoms with Crippen LogP contribution in [0.3, 0.4) is 0 Å². The van der Waals surface area contributed by atoms with E-state index in [1.165, 1.54) is 11.0 Å². The lowest BCUT2D eigenvalue weighted by Crippen LogP contribution is -2.58. The number of carbonyl (C=O) groups excluding carboxylic acids is 1. The SMILES string of the molecule is Cc1nc(N2CC3(CCOCC3)C2)ccc1Cn1cc(C(=O)NCc2cc(Cl)ccc2-n2cnnn2)cn1. The number of pyridine rings is 1. The first-order chi connectivity index (χ1) is 18.5. The van der Waals surface area contributed by atoms with Gasteiger partial charge in [0.05, 0.1) is 24.0 Å². The number of benzene rings is 1. The Hall–Kier alpha value is -3.83. The van der Waals surface area contributed by atoms with Crippen molar-refractivity contribution in [3.8, 4) is 5.69 Å². The van der Waals surface area contributed by atoms with Crippen LogP contribution in [0.25, 0.3) is 5.69 Å². The van der Waals surface area contributed by atoms with E-state index in [2.05, 4.69) is 43.0 Å². The Labute approximate surface area is 224 Å². The van der Waals surface area contributed by atoms with E-state index in [1.54, 1.807) is 29.2 Å². The van der Waals surface area contributed by atoms with E-state index in [4.69, 9.17) is 21.3 Å². The van der Waals surface area contributed by atoms with Gasteiger partial charge in [0.1, 0.15) is 12.1 Å². The normalized spacial score (nSPS) is 16.4. The fourth-order valence-electron chi connectivity index (χ4n) is 5.18. The van der Waals surface area contributed by atoms with Crippen LogP contribution in [0.2, 0.25) is 5.02 Å². The second-order valence-corrected chi connectivity index (χ2v) is 10.5. The van der Waals surface area contributed by atoms with Crippen molar-refractivity contribution in [2.45, 2.75) is 32.9 Å². The zero-order chi connectivity index (χ0) is 26.1. The molecule has 3 aromatic heterocycles. The predicted molar refractivity (Wildman–Crippen MR) is 140 cm³/mol. The molecule has 196 valence electrons. The third-order valence-corrected chi connectivity index (χ3v) is 7.65. The number of amides is 1. The third-order valence-electron chi connectivity index (χ3n) is 7.42. The Balaban J connectivity index is 1.07. The number of halogens is 1. The molecule has 0 bridgehead atoms. The first-order valence-electron chi connectivity index (χ1n) is 12.6. The van der Waals surface area contributed by atoms with E-state index in [1.807, 2.05) is 13.0 Å². The number of tetrazole rings is 1. The molecule has 0 unspecified atom stereocenters. The summed E-state index contributed by atoms with van der Waals surface area (Å²) < 4.78 is 8.81. The standard InChI is InChI=1S/C26H28ClN9O2/c1-18-19(2-5-24(31-18)34-15-26(16-34)6-8-38-9-7-26)13-35-14-21(12-30-35)25(37)28-11-20-10-22(27)3-4-23(20)36-17-29-32-33-36/h2-5,10,12,14,17H,6-9,11,13,15-16H2,1H3,(H,28,37). The molecule has 1 N–H and O–H groups in total. The largest absolute Gasteiger partial charge is 0.381 e.